The van der Waals surface area contributed by atoms with Gasteiger partial charge in [0.15, 0.2) is 0 Å². The molecular formula is C18H19N3O2S. The Morgan fingerprint density at radius 3 is 2.33 bits per heavy atom. The van der Waals surface area contributed by atoms with Crippen LogP contribution in [-0.2, 0) is 23.8 Å². The summed E-state index contributed by atoms with van der Waals surface area (Å²) in [6.45, 7) is 2.69. The maximum Gasteiger partial charge on any atom is 0.247 e. The Labute approximate surface area is 143 Å². The fourth-order valence-corrected chi connectivity index (χ4v) is 2.77. The third-order valence-corrected chi connectivity index (χ3v) is 4.59. The average molecular weight is 341 g/mol. The second kappa shape index (κ2) is 7.40. The molecule has 1 N–H and O–H groups in total. The molecular weight excluding hydrogens is 322 g/mol. The molecule has 3 rings (SSSR count). The number of rotatable bonds is 6. The molecule has 5 nitrogen and oxygen atoms in total. The minimum Gasteiger partial charge on any atom is -0.421 e. The summed E-state index contributed by atoms with van der Waals surface area (Å²) in [5.74, 6) is 1.19. The third-order valence-electron chi connectivity index (χ3n) is 3.65. The molecule has 0 aliphatic rings. The van der Waals surface area contributed by atoms with Gasteiger partial charge in [0.2, 0.25) is 11.8 Å². The Morgan fingerprint density at radius 2 is 1.75 bits per heavy atom. The highest BCUT2D eigenvalue weighted by molar-refractivity contribution is 7.84. The van der Waals surface area contributed by atoms with Gasteiger partial charge in [-0.05, 0) is 42.0 Å². The monoisotopic (exact) mass is 341 g/mol. The average Bonchev–Trinajstić information content (AvgIpc) is 3.10. The molecule has 0 fully saturated rings. The van der Waals surface area contributed by atoms with Gasteiger partial charge in [-0.2, -0.15) is 0 Å². The molecule has 0 spiro atoms. The van der Waals surface area contributed by atoms with Crippen molar-refractivity contribution >= 4 is 16.5 Å². The van der Waals surface area contributed by atoms with Gasteiger partial charge in [-0.15, -0.1) is 10.2 Å². The van der Waals surface area contributed by atoms with Crippen LogP contribution in [0.15, 0.2) is 57.8 Å². The Bertz CT molecular complexity index is 826. The molecule has 0 unspecified atom stereocenters. The highest BCUT2D eigenvalue weighted by Crippen LogP contribution is 2.21. The number of benzene rings is 2. The normalized spacial score (nSPS) is 12.1. The topological polar surface area (TPSA) is 68.0 Å². The summed E-state index contributed by atoms with van der Waals surface area (Å²) < 4.78 is 16.9. The minimum absolute atomic E-state index is 0.543. The van der Waals surface area contributed by atoms with Crippen molar-refractivity contribution in [1.82, 2.24) is 10.2 Å². The largest absolute Gasteiger partial charge is 0.421 e. The number of nitrogens with one attached hydrogen (secondary N) is 1. The van der Waals surface area contributed by atoms with Crippen LogP contribution in [0.4, 0.5) is 5.69 Å². The zero-order chi connectivity index (χ0) is 16.9. The van der Waals surface area contributed by atoms with E-state index >= 15 is 0 Å². The molecule has 1 atom stereocenters. The molecule has 0 saturated carbocycles. The Balaban J connectivity index is 1.62. The van der Waals surface area contributed by atoms with E-state index in [0.29, 0.717) is 18.3 Å². The molecule has 24 heavy (non-hydrogen) atoms. The maximum absolute atomic E-state index is 11.4. The van der Waals surface area contributed by atoms with Crippen molar-refractivity contribution in [1.29, 1.82) is 0 Å². The van der Waals surface area contributed by atoms with Crippen LogP contribution in [0, 0.1) is 0 Å². The molecule has 0 radical (unpaired) electrons. The van der Waals surface area contributed by atoms with E-state index < -0.39 is 10.8 Å². The molecule has 0 saturated heterocycles. The third kappa shape index (κ3) is 3.89. The van der Waals surface area contributed by atoms with E-state index in [1.807, 2.05) is 55.5 Å². The minimum atomic E-state index is -0.937. The highest BCUT2D eigenvalue weighted by atomic mass is 32.2. The molecule has 0 aliphatic carbocycles. The lowest BCUT2D eigenvalue weighted by Crippen LogP contribution is -1.99. The van der Waals surface area contributed by atoms with E-state index in [1.165, 1.54) is 0 Å². The number of anilines is 1. The van der Waals surface area contributed by atoms with Gasteiger partial charge >= 0.3 is 0 Å². The summed E-state index contributed by atoms with van der Waals surface area (Å²) in [7, 11) is -0.937. The molecule has 1 heterocycles. The Kier molecular flexibility index (Phi) is 5.05. The van der Waals surface area contributed by atoms with Crippen LogP contribution in [0.3, 0.4) is 0 Å². The number of hydrogen-bond acceptors (Lipinski definition) is 5. The summed E-state index contributed by atoms with van der Waals surface area (Å²) in [6.07, 6.45) is 2.42. The van der Waals surface area contributed by atoms with E-state index in [2.05, 4.69) is 15.5 Å². The highest BCUT2D eigenvalue weighted by Gasteiger charge is 2.07. The number of hydrogen-bond donors (Lipinski definition) is 1. The molecule has 1 aromatic heterocycles. The van der Waals surface area contributed by atoms with Gasteiger partial charge in [0.25, 0.3) is 0 Å². The second-order valence-electron chi connectivity index (χ2n) is 5.38. The fraction of sp³-hybridized carbons (Fsp3) is 0.222. The van der Waals surface area contributed by atoms with Gasteiger partial charge in [0.1, 0.15) is 0 Å². The van der Waals surface area contributed by atoms with E-state index in [9.17, 15) is 4.21 Å². The van der Waals surface area contributed by atoms with Crippen LogP contribution in [0.25, 0.3) is 11.5 Å². The molecule has 0 aliphatic heterocycles. The SMILES string of the molecule is CCc1nnc(-c2ccc(NCc3ccc([S@](C)=O)cc3)cc2)o1. The smallest absolute Gasteiger partial charge is 0.247 e. The van der Waals surface area contributed by atoms with Crippen molar-refractivity contribution in [3.8, 4) is 11.5 Å². The van der Waals surface area contributed by atoms with Crippen LogP contribution in [0.5, 0.6) is 0 Å². The van der Waals surface area contributed by atoms with Crippen LogP contribution < -0.4 is 5.32 Å². The summed E-state index contributed by atoms with van der Waals surface area (Å²) in [6, 6.07) is 15.7. The number of aryl methyl sites for hydroxylation is 1. The first-order chi connectivity index (χ1) is 11.7. The summed E-state index contributed by atoms with van der Waals surface area (Å²) >= 11 is 0. The quantitative estimate of drug-likeness (QED) is 0.741. The van der Waals surface area contributed by atoms with E-state index in [-0.39, 0.29) is 0 Å². The Hall–Kier alpha value is -2.47. The maximum atomic E-state index is 11.4. The van der Waals surface area contributed by atoms with Gasteiger partial charge in [0, 0.05) is 46.2 Å². The van der Waals surface area contributed by atoms with Gasteiger partial charge < -0.3 is 9.73 Å². The molecule has 3 aromatic rings. The van der Waals surface area contributed by atoms with Gasteiger partial charge in [0.05, 0.1) is 0 Å². The first-order valence-corrected chi connectivity index (χ1v) is 9.30. The molecule has 124 valence electrons. The zero-order valence-electron chi connectivity index (χ0n) is 13.7. The number of nitrogens with zero attached hydrogens (tertiary/aromatic N) is 2. The van der Waals surface area contributed by atoms with Crippen molar-refractivity contribution in [3.05, 3.63) is 60.0 Å². The lowest BCUT2D eigenvalue weighted by molar-refractivity contribution is 0.513. The van der Waals surface area contributed by atoms with Crippen LogP contribution >= 0.6 is 0 Å². The van der Waals surface area contributed by atoms with Crippen LogP contribution in [0.1, 0.15) is 18.4 Å². The number of aromatic nitrogens is 2. The molecule has 0 amide bonds. The Morgan fingerprint density at radius 1 is 1.04 bits per heavy atom. The summed E-state index contributed by atoms with van der Waals surface area (Å²) in [4.78, 5) is 0.842. The fourth-order valence-electron chi connectivity index (χ4n) is 2.25. The summed E-state index contributed by atoms with van der Waals surface area (Å²) in [5.41, 5.74) is 3.05. The standard InChI is InChI=1S/C18H19N3O2S/c1-3-17-20-21-18(23-17)14-6-8-15(9-7-14)19-12-13-4-10-16(11-5-13)24(2)22/h4-11,19H,3,12H2,1-2H3/t24-/m0/s1. The molecule has 2 aromatic carbocycles. The second-order valence-corrected chi connectivity index (χ2v) is 6.76. The van der Waals surface area contributed by atoms with Crippen molar-refractivity contribution in [3.63, 3.8) is 0 Å². The predicted octanol–water partition coefficient (Wildman–Crippen LogP) is 3.65. The predicted molar refractivity (Wildman–Crippen MR) is 95.2 cm³/mol. The van der Waals surface area contributed by atoms with Gasteiger partial charge in [-0.1, -0.05) is 19.1 Å². The van der Waals surface area contributed by atoms with Crippen LogP contribution in [-0.4, -0.2) is 20.7 Å². The lowest BCUT2D eigenvalue weighted by Gasteiger charge is -2.07. The van der Waals surface area contributed by atoms with E-state index in [0.717, 1.165) is 28.1 Å². The summed E-state index contributed by atoms with van der Waals surface area (Å²) in [5, 5.41) is 11.4. The van der Waals surface area contributed by atoms with Crippen molar-refractivity contribution in [2.24, 2.45) is 0 Å². The molecule has 0 bridgehead atoms. The van der Waals surface area contributed by atoms with E-state index in [1.54, 1.807) is 6.26 Å². The van der Waals surface area contributed by atoms with Crippen LogP contribution in [0.2, 0.25) is 0 Å². The van der Waals surface area contributed by atoms with Gasteiger partial charge in [-0.3, -0.25) is 4.21 Å². The van der Waals surface area contributed by atoms with Crippen molar-refractivity contribution in [2.75, 3.05) is 11.6 Å². The first kappa shape index (κ1) is 16.4. The van der Waals surface area contributed by atoms with Gasteiger partial charge in [-0.25, -0.2) is 0 Å². The first-order valence-electron chi connectivity index (χ1n) is 7.75. The van der Waals surface area contributed by atoms with E-state index in [4.69, 9.17) is 4.42 Å². The molecule has 6 heteroatoms. The lowest BCUT2D eigenvalue weighted by atomic mass is 10.2. The zero-order valence-corrected chi connectivity index (χ0v) is 14.5. The van der Waals surface area contributed by atoms with Crippen molar-refractivity contribution < 1.29 is 8.63 Å². The van der Waals surface area contributed by atoms with Crippen molar-refractivity contribution in [2.45, 2.75) is 24.8 Å².